The third-order valence-electron chi connectivity index (χ3n) is 5.44. The lowest BCUT2D eigenvalue weighted by atomic mass is 10.1. The maximum absolute atomic E-state index is 12.9. The molecule has 0 radical (unpaired) electrons. The van der Waals surface area contributed by atoms with Gasteiger partial charge in [-0.1, -0.05) is 13.0 Å². The van der Waals surface area contributed by atoms with E-state index in [4.69, 9.17) is 9.47 Å². The van der Waals surface area contributed by atoms with Crippen LogP contribution in [-0.2, 0) is 33.3 Å². The normalized spacial score (nSPS) is 12.3. The molecule has 19 heteroatoms. The Morgan fingerprint density at radius 2 is 1.73 bits per heavy atom. The molecular formula is C26H27N5O11S3. The van der Waals surface area contributed by atoms with Crippen LogP contribution in [0.5, 0.6) is 5.75 Å². The van der Waals surface area contributed by atoms with Crippen molar-refractivity contribution < 1.29 is 45.8 Å². The van der Waals surface area contributed by atoms with Gasteiger partial charge in [0.15, 0.2) is 8.87 Å². The minimum absolute atomic E-state index is 0.0498. The number of esters is 2. The number of rotatable bonds is 16. The van der Waals surface area contributed by atoms with Gasteiger partial charge in [0.05, 0.1) is 22.7 Å². The number of nitrogens with one attached hydrogen (secondary N) is 1. The Bertz CT molecular complexity index is 1750. The SMILES string of the molecule is CCC(CC(=O)Oc1ccc(N=Nc2ccc(S(=O)(=O)Nc3ccccn3)cc2)cc1C(=O)OCCSS(C)(=O)=O)O[N+](=O)[O-]. The molecule has 0 spiro atoms. The molecule has 0 saturated carbocycles. The van der Waals surface area contributed by atoms with E-state index < -0.39 is 48.4 Å². The average molecular weight is 682 g/mol. The molecule has 1 N–H and O–H groups in total. The first kappa shape index (κ1) is 34.9. The van der Waals surface area contributed by atoms with Gasteiger partial charge in [0, 0.05) is 18.2 Å². The summed E-state index contributed by atoms with van der Waals surface area (Å²) in [5.41, 5.74) is 0.124. The molecule has 45 heavy (non-hydrogen) atoms. The molecule has 16 nitrogen and oxygen atoms in total. The number of aromatic nitrogens is 1. The molecule has 1 unspecified atom stereocenters. The number of hydrogen-bond acceptors (Lipinski definition) is 15. The van der Waals surface area contributed by atoms with Gasteiger partial charge in [-0.3, -0.25) is 9.52 Å². The van der Waals surface area contributed by atoms with E-state index >= 15 is 0 Å². The first-order valence-corrected chi connectivity index (χ1v) is 17.8. The Hall–Kier alpha value is -4.62. The fourth-order valence-electron chi connectivity index (χ4n) is 3.38. The largest absolute Gasteiger partial charge is 0.461 e. The highest BCUT2D eigenvalue weighted by molar-refractivity contribution is 8.71. The second-order valence-electron chi connectivity index (χ2n) is 8.89. The number of azo groups is 1. The van der Waals surface area contributed by atoms with Crippen molar-refractivity contribution in [2.75, 3.05) is 23.3 Å². The van der Waals surface area contributed by atoms with E-state index in [0.717, 1.165) is 6.26 Å². The zero-order valence-corrected chi connectivity index (χ0v) is 26.2. The number of anilines is 1. The van der Waals surface area contributed by atoms with Gasteiger partial charge in [0.25, 0.3) is 15.1 Å². The van der Waals surface area contributed by atoms with Crippen LogP contribution in [0, 0.1) is 10.1 Å². The second kappa shape index (κ2) is 15.9. The van der Waals surface area contributed by atoms with E-state index in [9.17, 15) is 36.5 Å². The number of benzene rings is 2. The molecule has 1 atom stereocenters. The van der Waals surface area contributed by atoms with Gasteiger partial charge in [0.1, 0.15) is 29.8 Å². The zero-order valence-electron chi connectivity index (χ0n) is 23.8. The highest BCUT2D eigenvalue weighted by Gasteiger charge is 2.22. The number of pyridine rings is 1. The summed E-state index contributed by atoms with van der Waals surface area (Å²) in [4.78, 5) is 44.3. The number of sulfonamides is 1. The van der Waals surface area contributed by atoms with E-state index in [0.29, 0.717) is 10.8 Å². The van der Waals surface area contributed by atoms with E-state index in [1.165, 1.54) is 54.7 Å². The van der Waals surface area contributed by atoms with Crippen LogP contribution in [0.1, 0.15) is 30.1 Å². The molecule has 1 heterocycles. The molecule has 0 bridgehead atoms. The summed E-state index contributed by atoms with van der Waals surface area (Å²) in [6, 6.07) is 14.0. The molecule has 1 aromatic heterocycles. The van der Waals surface area contributed by atoms with Crippen LogP contribution in [0.3, 0.4) is 0 Å². The monoisotopic (exact) mass is 681 g/mol. The molecule has 240 valence electrons. The summed E-state index contributed by atoms with van der Waals surface area (Å²) in [5.74, 6) is -2.04. The maximum Gasteiger partial charge on any atom is 0.342 e. The molecule has 3 rings (SSSR count). The van der Waals surface area contributed by atoms with Gasteiger partial charge in [-0.05, 0) is 71.8 Å². The summed E-state index contributed by atoms with van der Waals surface area (Å²) in [6.07, 6.45) is 1.02. The molecule has 0 saturated heterocycles. The Morgan fingerprint density at radius 3 is 2.36 bits per heavy atom. The third-order valence-corrected chi connectivity index (χ3v) is 9.35. The minimum Gasteiger partial charge on any atom is -0.461 e. The Balaban J connectivity index is 1.78. The van der Waals surface area contributed by atoms with Crippen LogP contribution in [0.2, 0.25) is 0 Å². The van der Waals surface area contributed by atoms with E-state index in [1.807, 2.05) is 0 Å². The number of ether oxygens (including phenoxy) is 2. The van der Waals surface area contributed by atoms with Crippen LogP contribution < -0.4 is 9.46 Å². The second-order valence-corrected chi connectivity index (χ2v) is 15.2. The minimum atomic E-state index is -3.91. The molecule has 0 amide bonds. The predicted molar refractivity (Wildman–Crippen MR) is 162 cm³/mol. The van der Waals surface area contributed by atoms with Gasteiger partial charge in [-0.25, -0.2) is 26.6 Å². The molecule has 3 aromatic rings. The van der Waals surface area contributed by atoms with Gasteiger partial charge in [-0.2, -0.15) is 10.2 Å². The van der Waals surface area contributed by atoms with Crippen molar-refractivity contribution in [2.24, 2.45) is 10.2 Å². The Kier molecular flexibility index (Phi) is 12.3. The van der Waals surface area contributed by atoms with Crippen molar-refractivity contribution >= 4 is 58.8 Å². The van der Waals surface area contributed by atoms with Gasteiger partial charge < -0.3 is 14.3 Å². The lowest BCUT2D eigenvalue weighted by Crippen LogP contribution is -2.23. The fraction of sp³-hybridized carbons (Fsp3) is 0.269. The van der Waals surface area contributed by atoms with Crippen molar-refractivity contribution in [3.8, 4) is 5.75 Å². The number of nitrogens with zero attached hydrogens (tertiary/aromatic N) is 4. The van der Waals surface area contributed by atoms with E-state index in [1.54, 1.807) is 19.1 Å². The van der Waals surface area contributed by atoms with E-state index in [2.05, 4.69) is 24.8 Å². The molecular weight excluding hydrogens is 655 g/mol. The first-order chi connectivity index (χ1) is 21.3. The number of carbonyl (C=O) groups excluding carboxylic acids is 2. The lowest BCUT2D eigenvalue weighted by molar-refractivity contribution is -0.768. The van der Waals surface area contributed by atoms with Gasteiger partial charge in [0.2, 0.25) is 0 Å². The molecule has 0 aliphatic carbocycles. The quantitative estimate of drug-likeness (QED) is 0.0421. The van der Waals surface area contributed by atoms with Gasteiger partial charge >= 0.3 is 11.9 Å². The summed E-state index contributed by atoms with van der Waals surface area (Å²) in [7, 11) is -6.71. The molecule has 0 aliphatic rings. The highest BCUT2D eigenvalue weighted by Crippen LogP contribution is 2.28. The Morgan fingerprint density at radius 1 is 1.04 bits per heavy atom. The lowest BCUT2D eigenvalue weighted by Gasteiger charge is -2.14. The topological polar surface area (TPSA) is 223 Å². The number of hydrogen-bond donors (Lipinski definition) is 1. The van der Waals surface area contributed by atoms with Crippen molar-refractivity contribution in [1.29, 1.82) is 0 Å². The van der Waals surface area contributed by atoms with Crippen molar-refractivity contribution in [1.82, 2.24) is 4.98 Å². The molecule has 2 aromatic carbocycles. The van der Waals surface area contributed by atoms with Crippen LogP contribution in [0.4, 0.5) is 17.2 Å². The van der Waals surface area contributed by atoms with Crippen LogP contribution in [0.25, 0.3) is 0 Å². The van der Waals surface area contributed by atoms with E-state index in [-0.39, 0.29) is 52.2 Å². The maximum atomic E-state index is 12.9. The van der Waals surface area contributed by atoms with Crippen molar-refractivity contribution in [3.05, 3.63) is 82.5 Å². The predicted octanol–water partition coefficient (Wildman–Crippen LogP) is 4.43. The number of carbonyl (C=O) groups is 2. The molecule has 0 fully saturated rings. The van der Waals surface area contributed by atoms with Crippen molar-refractivity contribution in [3.63, 3.8) is 0 Å². The fourth-order valence-corrected chi connectivity index (χ4v) is 5.96. The van der Waals surface area contributed by atoms with Gasteiger partial charge in [-0.15, -0.1) is 10.1 Å². The summed E-state index contributed by atoms with van der Waals surface area (Å²) < 4.78 is 60.6. The first-order valence-electron chi connectivity index (χ1n) is 12.9. The average Bonchev–Trinajstić information content (AvgIpc) is 2.98. The van der Waals surface area contributed by atoms with Crippen LogP contribution in [-0.4, -0.2) is 63.6 Å². The van der Waals surface area contributed by atoms with Crippen LogP contribution in [0.15, 0.2) is 82.0 Å². The van der Waals surface area contributed by atoms with Crippen molar-refractivity contribution in [2.45, 2.75) is 30.8 Å². The summed E-state index contributed by atoms with van der Waals surface area (Å²) >= 11 is 0. The Labute approximate surface area is 261 Å². The molecule has 0 aliphatic heterocycles. The zero-order chi connectivity index (χ0) is 33.0. The van der Waals surface area contributed by atoms with Crippen LogP contribution >= 0.6 is 10.8 Å². The standard InChI is InChI=1S/C26H27N5O11S3/c1-3-20(42-31(34)35)17-25(32)41-23-12-9-19(16-22(23)26(33)40-14-15-43-44(2,36)37)29-28-18-7-10-21(11-8-18)45(38,39)30-24-6-4-5-13-27-24/h4-13,16,20H,3,14-15,17H2,1-2H3,(H,27,30). The smallest absolute Gasteiger partial charge is 0.342 e. The summed E-state index contributed by atoms with van der Waals surface area (Å²) in [6.45, 7) is 1.29. The third kappa shape index (κ3) is 11.8. The highest BCUT2D eigenvalue weighted by atomic mass is 33.1. The summed E-state index contributed by atoms with van der Waals surface area (Å²) in [5, 5.41) is 17.7.